The van der Waals surface area contributed by atoms with E-state index in [-0.39, 0.29) is 23.7 Å². The summed E-state index contributed by atoms with van der Waals surface area (Å²) in [7, 11) is 3.37. The maximum absolute atomic E-state index is 12.4. The van der Waals surface area contributed by atoms with E-state index >= 15 is 0 Å². The largest absolute Gasteiger partial charge is 0.497 e. The molecule has 4 heterocycles. The highest BCUT2D eigenvalue weighted by molar-refractivity contribution is 5.92. The Balaban J connectivity index is 0.000000194. The third-order valence-electron chi connectivity index (χ3n) is 9.53. The molecule has 10 heteroatoms. The molecule has 0 bridgehead atoms. The molecular weight excluding hydrogens is 628 g/mol. The minimum absolute atomic E-state index is 0.0826. The Bertz CT molecular complexity index is 1450. The molecule has 2 saturated heterocycles. The topological polar surface area (TPSA) is 109 Å². The Morgan fingerprint density at radius 3 is 1.56 bits per heavy atom. The molecule has 10 nitrogen and oxygen atoms in total. The van der Waals surface area contributed by atoms with Gasteiger partial charge in [0, 0.05) is 49.2 Å². The molecule has 2 aliphatic heterocycles. The molecule has 6 rings (SSSR count). The van der Waals surface area contributed by atoms with Crippen LogP contribution in [0.1, 0.15) is 36.8 Å². The van der Waals surface area contributed by atoms with Crippen LogP contribution < -0.4 is 20.1 Å². The number of pyridine rings is 2. The lowest BCUT2D eigenvalue weighted by atomic mass is 9.95. The van der Waals surface area contributed by atoms with Gasteiger partial charge < -0.3 is 29.9 Å². The number of aromatic nitrogens is 2. The average molecular weight is 679 g/mol. The Morgan fingerprint density at radius 2 is 1.12 bits per heavy atom. The molecule has 2 aromatic heterocycles. The van der Waals surface area contributed by atoms with Crippen LogP contribution in [0, 0.1) is 11.8 Å². The molecule has 264 valence electrons. The molecule has 2 aliphatic rings. The molecule has 2 amide bonds. The fourth-order valence-corrected chi connectivity index (χ4v) is 6.34. The Morgan fingerprint density at radius 1 is 0.640 bits per heavy atom. The summed E-state index contributed by atoms with van der Waals surface area (Å²) in [6.07, 6.45) is 10.8. The van der Waals surface area contributed by atoms with Gasteiger partial charge in [-0.25, -0.2) is 4.98 Å². The van der Waals surface area contributed by atoms with Gasteiger partial charge in [0.2, 0.25) is 11.8 Å². The molecule has 0 saturated carbocycles. The average Bonchev–Trinajstić information content (AvgIpc) is 3.18. The second-order valence-electron chi connectivity index (χ2n) is 12.9. The van der Waals surface area contributed by atoms with Crippen LogP contribution in [0.25, 0.3) is 0 Å². The van der Waals surface area contributed by atoms with E-state index in [1.807, 2.05) is 54.6 Å². The number of amides is 2. The lowest BCUT2D eigenvalue weighted by Gasteiger charge is -2.31. The summed E-state index contributed by atoms with van der Waals surface area (Å²) in [5.41, 5.74) is 3.45. The summed E-state index contributed by atoms with van der Waals surface area (Å²) in [5, 5.41) is 5.90. The predicted octanol–water partition coefficient (Wildman–Crippen LogP) is 5.97. The third kappa shape index (κ3) is 11.7. The highest BCUT2D eigenvalue weighted by Gasteiger charge is 2.26. The van der Waals surface area contributed by atoms with Crippen molar-refractivity contribution >= 4 is 23.3 Å². The number of benzene rings is 2. The van der Waals surface area contributed by atoms with Crippen molar-refractivity contribution in [1.29, 1.82) is 0 Å². The van der Waals surface area contributed by atoms with Crippen molar-refractivity contribution in [2.24, 2.45) is 11.8 Å². The predicted molar refractivity (Wildman–Crippen MR) is 197 cm³/mol. The van der Waals surface area contributed by atoms with Crippen LogP contribution in [0.4, 0.5) is 11.5 Å². The molecular formula is C40H50N6O4. The summed E-state index contributed by atoms with van der Waals surface area (Å²) < 4.78 is 10.4. The van der Waals surface area contributed by atoms with Crippen LogP contribution in [0.3, 0.4) is 0 Å². The first-order chi connectivity index (χ1) is 24.5. The van der Waals surface area contributed by atoms with Crippen molar-refractivity contribution in [2.45, 2.75) is 38.5 Å². The lowest BCUT2D eigenvalue weighted by molar-refractivity contribution is -0.122. The first kappa shape index (κ1) is 36.5. The first-order valence-electron chi connectivity index (χ1n) is 17.6. The Hall–Kier alpha value is -4.80. The van der Waals surface area contributed by atoms with Gasteiger partial charge in [0.1, 0.15) is 17.3 Å². The second-order valence-corrected chi connectivity index (χ2v) is 12.9. The molecule has 4 aromatic rings. The number of likely N-dealkylation sites (tertiary alicyclic amines) is 2. The van der Waals surface area contributed by atoms with Crippen molar-refractivity contribution in [3.8, 4) is 11.5 Å². The molecule has 0 radical (unpaired) electrons. The number of hydrogen-bond acceptors (Lipinski definition) is 8. The van der Waals surface area contributed by atoms with Gasteiger partial charge in [-0.1, -0.05) is 30.3 Å². The minimum atomic E-state index is 0.0826. The van der Waals surface area contributed by atoms with Crippen LogP contribution in [-0.2, 0) is 22.4 Å². The maximum Gasteiger partial charge on any atom is 0.228 e. The summed E-state index contributed by atoms with van der Waals surface area (Å²) >= 11 is 0. The maximum atomic E-state index is 12.4. The van der Waals surface area contributed by atoms with Gasteiger partial charge in [-0.3, -0.25) is 14.6 Å². The Kier molecular flexibility index (Phi) is 14.2. The Labute approximate surface area is 296 Å². The van der Waals surface area contributed by atoms with E-state index in [0.717, 1.165) is 95.0 Å². The van der Waals surface area contributed by atoms with Crippen molar-refractivity contribution in [3.63, 3.8) is 0 Å². The number of nitrogens with one attached hydrogen (secondary N) is 2. The molecule has 0 aliphatic carbocycles. The van der Waals surface area contributed by atoms with Crippen LogP contribution in [-0.4, -0.2) is 85.1 Å². The lowest BCUT2D eigenvalue weighted by Crippen LogP contribution is -2.39. The van der Waals surface area contributed by atoms with Gasteiger partial charge in [0.25, 0.3) is 0 Å². The fourth-order valence-electron chi connectivity index (χ4n) is 6.34. The number of rotatable bonds is 12. The molecule has 2 fully saturated rings. The van der Waals surface area contributed by atoms with E-state index < -0.39 is 0 Å². The zero-order valence-electron chi connectivity index (χ0n) is 29.3. The third-order valence-corrected chi connectivity index (χ3v) is 9.53. The molecule has 0 unspecified atom stereocenters. The van der Waals surface area contributed by atoms with Crippen molar-refractivity contribution in [1.82, 2.24) is 19.8 Å². The number of methoxy groups -OCH3 is 2. The fraction of sp³-hybridized carbons (Fsp3) is 0.400. The van der Waals surface area contributed by atoms with Crippen molar-refractivity contribution in [3.05, 3.63) is 109 Å². The normalized spacial score (nSPS) is 15.7. The standard InChI is InChI=1S/2C20H25N3O2/c1-25-19-4-2-16(3-5-19)8-13-23-14-9-17(10-15-23)20(24)22-18-6-11-21-12-7-18;1-25-18-7-5-16(6-8-18)9-13-23-14-10-17(11-15-23)20(24)22-19-4-2-3-12-21-19/h2-7,11-12,17H,8-10,13-15H2,1H3,(H,21,22,24);2-8,12,17H,9-11,13-15H2,1H3,(H,21,22,24). The number of ether oxygens (including phenoxy) is 2. The highest BCUT2D eigenvalue weighted by Crippen LogP contribution is 2.22. The number of carbonyl (C=O) groups is 2. The molecule has 0 atom stereocenters. The zero-order valence-corrected chi connectivity index (χ0v) is 29.3. The minimum Gasteiger partial charge on any atom is -0.497 e. The first-order valence-corrected chi connectivity index (χ1v) is 17.6. The van der Waals surface area contributed by atoms with Gasteiger partial charge in [-0.05, 0) is 124 Å². The quantitative estimate of drug-likeness (QED) is 0.189. The SMILES string of the molecule is COc1ccc(CCN2CCC(C(=O)Nc3ccccn3)CC2)cc1.COc1ccc(CCN2CCC(C(=O)Nc3ccncc3)CC2)cc1. The van der Waals surface area contributed by atoms with Gasteiger partial charge in [-0.15, -0.1) is 0 Å². The summed E-state index contributed by atoms with van der Waals surface area (Å²) in [6, 6.07) is 25.7. The number of hydrogen-bond donors (Lipinski definition) is 2. The smallest absolute Gasteiger partial charge is 0.228 e. The molecule has 2 aromatic carbocycles. The van der Waals surface area contributed by atoms with E-state index in [9.17, 15) is 9.59 Å². The summed E-state index contributed by atoms with van der Waals surface area (Å²) in [6.45, 7) is 5.95. The van der Waals surface area contributed by atoms with Crippen molar-refractivity contribution in [2.75, 3.05) is 64.1 Å². The van der Waals surface area contributed by atoms with Gasteiger partial charge in [0.05, 0.1) is 14.2 Å². The summed E-state index contributed by atoms with van der Waals surface area (Å²) in [4.78, 5) is 37.7. The number of nitrogens with zero attached hydrogens (tertiary/aromatic N) is 4. The number of piperidine rings is 2. The van der Waals surface area contributed by atoms with Crippen LogP contribution in [0.2, 0.25) is 0 Å². The molecule has 2 N–H and O–H groups in total. The monoisotopic (exact) mass is 678 g/mol. The van der Waals surface area contributed by atoms with E-state index in [1.165, 1.54) is 11.1 Å². The molecule has 50 heavy (non-hydrogen) atoms. The molecule has 0 spiro atoms. The van der Waals surface area contributed by atoms with Crippen LogP contribution in [0.5, 0.6) is 11.5 Å². The highest BCUT2D eigenvalue weighted by atomic mass is 16.5. The zero-order chi connectivity index (χ0) is 35.0. The summed E-state index contributed by atoms with van der Waals surface area (Å²) in [5.74, 6) is 2.82. The van der Waals surface area contributed by atoms with Gasteiger partial charge >= 0.3 is 0 Å². The van der Waals surface area contributed by atoms with E-state index in [4.69, 9.17) is 9.47 Å². The van der Waals surface area contributed by atoms with Crippen LogP contribution >= 0.6 is 0 Å². The van der Waals surface area contributed by atoms with Gasteiger partial charge in [-0.2, -0.15) is 0 Å². The number of carbonyl (C=O) groups excluding carboxylic acids is 2. The second kappa shape index (κ2) is 19.4. The number of anilines is 2. The van der Waals surface area contributed by atoms with E-state index in [2.05, 4.69) is 54.7 Å². The van der Waals surface area contributed by atoms with E-state index in [0.29, 0.717) is 5.82 Å². The van der Waals surface area contributed by atoms with Crippen LogP contribution in [0.15, 0.2) is 97.5 Å². The van der Waals surface area contributed by atoms with Crippen molar-refractivity contribution < 1.29 is 19.1 Å². The van der Waals surface area contributed by atoms with Gasteiger partial charge in [0.15, 0.2) is 0 Å². The van der Waals surface area contributed by atoms with E-state index in [1.54, 1.807) is 32.8 Å².